The minimum atomic E-state index is -3.50. The highest BCUT2D eigenvalue weighted by Crippen LogP contribution is 2.34. The van der Waals surface area contributed by atoms with E-state index in [-0.39, 0.29) is 5.92 Å². The van der Waals surface area contributed by atoms with Crippen LogP contribution in [0.15, 0.2) is 24.3 Å². The van der Waals surface area contributed by atoms with E-state index in [1.54, 1.807) is 6.07 Å². The fourth-order valence-corrected chi connectivity index (χ4v) is 2.78. The third kappa shape index (κ3) is 2.33. The van der Waals surface area contributed by atoms with E-state index in [9.17, 15) is 8.42 Å². The molecule has 0 fully saturated rings. The van der Waals surface area contributed by atoms with Gasteiger partial charge in [-0.1, -0.05) is 24.3 Å². The second-order valence-corrected chi connectivity index (χ2v) is 6.35. The van der Waals surface area contributed by atoms with Crippen molar-refractivity contribution in [1.29, 1.82) is 5.26 Å². The highest BCUT2D eigenvalue weighted by Gasteiger charge is 2.28. The number of fused-ring (bicyclic) bond motifs is 1. The molecule has 17 heavy (non-hydrogen) atoms. The van der Waals surface area contributed by atoms with Gasteiger partial charge in [0.2, 0.25) is 10.0 Å². The Morgan fingerprint density at radius 1 is 1.53 bits per heavy atom. The molecule has 2 rings (SSSR count). The van der Waals surface area contributed by atoms with Gasteiger partial charge in [-0.15, -0.1) is 0 Å². The lowest BCUT2D eigenvalue weighted by atomic mass is 9.78. The molecule has 0 spiro atoms. The fraction of sp³-hybridized carbons (Fsp3) is 0.417. The number of hydrogen-bond donors (Lipinski definition) is 1. The van der Waals surface area contributed by atoms with Crippen molar-refractivity contribution in [3.05, 3.63) is 35.4 Å². The van der Waals surface area contributed by atoms with Gasteiger partial charge in [0.05, 0.1) is 6.07 Å². The molecule has 0 saturated heterocycles. The molecular formula is C12H14N2O2S. The van der Waals surface area contributed by atoms with Gasteiger partial charge in [0.15, 0.2) is 5.25 Å². The largest absolute Gasteiger partial charge is 0.227 e. The molecule has 4 nitrogen and oxygen atoms in total. The van der Waals surface area contributed by atoms with Crippen LogP contribution in [0.2, 0.25) is 0 Å². The van der Waals surface area contributed by atoms with E-state index < -0.39 is 15.3 Å². The first-order valence-electron chi connectivity index (χ1n) is 5.50. The van der Waals surface area contributed by atoms with Crippen molar-refractivity contribution in [3.8, 4) is 6.07 Å². The van der Waals surface area contributed by atoms with Crippen LogP contribution in [0.4, 0.5) is 0 Å². The van der Waals surface area contributed by atoms with Gasteiger partial charge in [-0.25, -0.2) is 13.1 Å². The highest BCUT2D eigenvalue weighted by molar-refractivity contribution is 7.90. The van der Waals surface area contributed by atoms with E-state index in [1.807, 2.05) is 18.2 Å². The average molecular weight is 250 g/mol. The maximum absolute atomic E-state index is 11.6. The number of sulfonamides is 1. The molecule has 90 valence electrons. The molecule has 1 aromatic rings. The van der Waals surface area contributed by atoms with Gasteiger partial charge >= 0.3 is 0 Å². The van der Waals surface area contributed by atoms with Crippen LogP contribution in [-0.2, 0) is 16.4 Å². The van der Waals surface area contributed by atoms with Gasteiger partial charge in [0.25, 0.3) is 0 Å². The first-order valence-corrected chi connectivity index (χ1v) is 7.05. The smallest absolute Gasteiger partial charge is 0.213 e. The van der Waals surface area contributed by atoms with E-state index in [1.165, 1.54) is 18.1 Å². The predicted molar refractivity (Wildman–Crippen MR) is 64.9 cm³/mol. The van der Waals surface area contributed by atoms with Crippen molar-refractivity contribution in [2.45, 2.75) is 24.5 Å². The van der Waals surface area contributed by atoms with Crippen LogP contribution >= 0.6 is 0 Å². The number of hydrogen-bond acceptors (Lipinski definition) is 3. The molecule has 0 amide bonds. The molecule has 2 unspecified atom stereocenters. The summed E-state index contributed by atoms with van der Waals surface area (Å²) in [7, 11) is -3.50. The molecule has 0 saturated carbocycles. The van der Waals surface area contributed by atoms with Crippen molar-refractivity contribution in [1.82, 2.24) is 4.72 Å². The Labute approximate surface area is 101 Å². The Kier molecular flexibility index (Phi) is 3.18. The highest BCUT2D eigenvalue weighted by atomic mass is 32.2. The number of benzene rings is 1. The summed E-state index contributed by atoms with van der Waals surface area (Å²) in [5.41, 5.74) is 2.49. The summed E-state index contributed by atoms with van der Waals surface area (Å²) in [6.45, 7) is 1.77. The molecular weight excluding hydrogens is 236 g/mol. The Hall–Kier alpha value is -1.38. The summed E-state index contributed by atoms with van der Waals surface area (Å²) in [6, 6.07) is 9.75. The Morgan fingerprint density at radius 3 is 2.88 bits per heavy atom. The molecule has 1 aliphatic rings. The molecule has 0 heterocycles. The van der Waals surface area contributed by atoms with Gasteiger partial charge in [-0.2, -0.15) is 5.26 Å². The van der Waals surface area contributed by atoms with Crippen molar-refractivity contribution >= 4 is 10.0 Å². The summed E-state index contributed by atoms with van der Waals surface area (Å²) in [5, 5.41) is 7.59. The van der Waals surface area contributed by atoms with Crippen molar-refractivity contribution in [3.63, 3.8) is 0 Å². The quantitative estimate of drug-likeness (QED) is 0.871. The molecule has 1 aliphatic carbocycles. The van der Waals surface area contributed by atoms with E-state index >= 15 is 0 Å². The summed E-state index contributed by atoms with van der Waals surface area (Å²) in [5.74, 6) is 0.242. The zero-order valence-electron chi connectivity index (χ0n) is 9.55. The zero-order chi connectivity index (χ0) is 12.5. The molecule has 2 atom stereocenters. The molecule has 0 aromatic heterocycles. The van der Waals surface area contributed by atoms with E-state index in [4.69, 9.17) is 5.26 Å². The van der Waals surface area contributed by atoms with E-state index in [2.05, 4.69) is 10.8 Å². The number of nitrogens with one attached hydrogen (secondary N) is 1. The minimum Gasteiger partial charge on any atom is -0.213 e. The summed E-state index contributed by atoms with van der Waals surface area (Å²) >= 11 is 0. The molecule has 0 aliphatic heterocycles. The van der Waals surface area contributed by atoms with Gasteiger partial charge in [0, 0.05) is 12.5 Å². The van der Waals surface area contributed by atoms with Gasteiger partial charge in [-0.3, -0.25) is 0 Å². The first-order chi connectivity index (χ1) is 8.04. The van der Waals surface area contributed by atoms with Crippen LogP contribution in [0.25, 0.3) is 0 Å². The average Bonchev–Trinajstić information content (AvgIpc) is 2.29. The van der Waals surface area contributed by atoms with Crippen LogP contribution in [0, 0.1) is 11.3 Å². The number of nitriles is 1. The molecule has 5 heteroatoms. The molecule has 1 N–H and O–H groups in total. The predicted octanol–water partition coefficient (Wildman–Crippen LogP) is 1.16. The Morgan fingerprint density at radius 2 is 2.24 bits per heavy atom. The van der Waals surface area contributed by atoms with E-state index in [0.717, 1.165) is 6.42 Å². The third-order valence-corrected chi connectivity index (χ3v) is 4.74. The zero-order valence-corrected chi connectivity index (χ0v) is 10.4. The van der Waals surface area contributed by atoms with Crippen molar-refractivity contribution < 1.29 is 8.42 Å². The standard InChI is InChI=1S/C12H14N2O2S/c1-9(7-13)17(15,16)14-8-11-6-10-4-2-3-5-12(10)11/h2-5,9,11,14H,6,8H2,1H3. The van der Waals surface area contributed by atoms with Crippen LogP contribution in [0.1, 0.15) is 24.0 Å². The second-order valence-electron chi connectivity index (χ2n) is 4.26. The van der Waals surface area contributed by atoms with Crippen molar-refractivity contribution in [2.24, 2.45) is 0 Å². The summed E-state index contributed by atoms with van der Waals surface area (Å²) < 4.78 is 25.7. The SMILES string of the molecule is CC(C#N)S(=O)(=O)NCC1Cc2ccccc21. The van der Waals surface area contributed by atoms with Crippen molar-refractivity contribution in [2.75, 3.05) is 6.54 Å². The topological polar surface area (TPSA) is 70.0 Å². The summed E-state index contributed by atoms with van der Waals surface area (Å²) in [4.78, 5) is 0. The monoisotopic (exact) mass is 250 g/mol. The molecule has 0 bridgehead atoms. The Balaban J connectivity index is 1.97. The van der Waals surface area contributed by atoms with Gasteiger partial charge in [0.1, 0.15) is 0 Å². The van der Waals surface area contributed by atoms with Gasteiger partial charge < -0.3 is 0 Å². The van der Waals surface area contributed by atoms with Crippen LogP contribution in [0.5, 0.6) is 0 Å². The van der Waals surface area contributed by atoms with Gasteiger partial charge in [-0.05, 0) is 24.5 Å². The third-order valence-electron chi connectivity index (χ3n) is 3.14. The van der Waals surface area contributed by atoms with Crippen LogP contribution in [-0.4, -0.2) is 20.2 Å². The Bertz CT molecular complexity index is 560. The molecule has 1 aromatic carbocycles. The number of rotatable bonds is 4. The van der Waals surface area contributed by atoms with E-state index in [0.29, 0.717) is 6.54 Å². The second kappa shape index (κ2) is 4.47. The maximum Gasteiger partial charge on any atom is 0.227 e. The lowest BCUT2D eigenvalue weighted by Gasteiger charge is -2.30. The number of nitrogens with zero attached hydrogens (tertiary/aromatic N) is 1. The minimum absolute atomic E-state index is 0.242. The lowest BCUT2D eigenvalue weighted by molar-refractivity contribution is 0.549. The lowest BCUT2D eigenvalue weighted by Crippen LogP contribution is -2.37. The van der Waals surface area contributed by atoms with Crippen LogP contribution in [0.3, 0.4) is 0 Å². The van der Waals surface area contributed by atoms with Crippen LogP contribution < -0.4 is 4.72 Å². The first kappa shape index (κ1) is 12.1. The normalized spacial score (nSPS) is 19.9. The fourth-order valence-electron chi connectivity index (χ4n) is 1.96. The maximum atomic E-state index is 11.6. The molecule has 0 radical (unpaired) electrons. The summed E-state index contributed by atoms with van der Waals surface area (Å²) in [6.07, 6.45) is 0.902.